The van der Waals surface area contributed by atoms with Crippen LogP contribution in [-0.4, -0.2) is 63.8 Å². The second kappa shape index (κ2) is 11.2. The van der Waals surface area contributed by atoms with Crippen LogP contribution in [0.1, 0.15) is 12.8 Å². The van der Waals surface area contributed by atoms with Gasteiger partial charge in [-0.1, -0.05) is 0 Å². The zero-order valence-corrected chi connectivity index (χ0v) is 7.34. The topological polar surface area (TPSA) is 170 Å². The Morgan fingerprint density at radius 2 is 1.47 bits per heavy atom. The second-order valence-electron chi connectivity index (χ2n) is 2.28. The van der Waals surface area contributed by atoms with Gasteiger partial charge in [-0.2, -0.15) is 0 Å². The molecule has 0 aromatic heterocycles. The number of carboxylic acids is 2. The summed E-state index contributed by atoms with van der Waals surface area (Å²) in [5.41, 5.74) is 13.5. The predicted octanol–water partition coefficient (Wildman–Crippen LogP) is -2.36. The summed E-state index contributed by atoms with van der Waals surface area (Å²) >= 11 is 0. The molecule has 8 nitrogen and oxygen atoms in total. The van der Waals surface area contributed by atoms with Crippen molar-refractivity contribution in [2.24, 2.45) is 17.2 Å². The van der Waals surface area contributed by atoms with Gasteiger partial charge in [-0.15, -0.1) is 0 Å². The van der Waals surface area contributed by atoms with Gasteiger partial charge in [0.25, 0.3) is 0 Å². The molecule has 0 unspecified atom stereocenters. The normalized spacial score (nSPS) is 9.93. The fourth-order valence-electron chi connectivity index (χ4n) is 0.402. The molecule has 0 fully saturated rings. The third kappa shape index (κ3) is 24.6. The van der Waals surface area contributed by atoms with Gasteiger partial charge >= 0.3 is 47.5 Å². The molecule has 0 spiro atoms. The van der Waals surface area contributed by atoms with Crippen molar-refractivity contribution in [1.29, 1.82) is 0 Å². The van der Waals surface area contributed by atoms with Gasteiger partial charge < -0.3 is 27.4 Å². The fourth-order valence-corrected chi connectivity index (χ4v) is 0.402. The molecular formula is C6H14N3NaO5. The van der Waals surface area contributed by atoms with Crippen LogP contribution in [0.4, 0.5) is 4.79 Å². The van der Waals surface area contributed by atoms with E-state index in [1.54, 1.807) is 0 Å². The molecule has 15 heavy (non-hydrogen) atoms. The first kappa shape index (κ1) is 19.7. The van der Waals surface area contributed by atoms with Crippen LogP contribution in [0.15, 0.2) is 0 Å². The summed E-state index contributed by atoms with van der Waals surface area (Å²) in [4.78, 5) is 28.9. The monoisotopic (exact) mass is 231 g/mol. The fraction of sp³-hybridized carbons (Fsp3) is 0.500. The maximum atomic E-state index is 9.99. The number of rotatable bonds is 4. The number of primary amides is 2. The van der Waals surface area contributed by atoms with Gasteiger partial charge in [-0.05, 0) is 6.42 Å². The Morgan fingerprint density at radius 3 is 1.67 bits per heavy atom. The van der Waals surface area contributed by atoms with Crippen molar-refractivity contribution in [3.63, 3.8) is 0 Å². The zero-order chi connectivity index (χ0) is 11.7. The first-order valence-electron chi connectivity index (χ1n) is 3.52. The van der Waals surface area contributed by atoms with E-state index >= 15 is 0 Å². The summed E-state index contributed by atoms with van der Waals surface area (Å²) in [6.45, 7) is 0. The van der Waals surface area contributed by atoms with Crippen LogP contribution < -0.4 is 17.2 Å². The quantitative estimate of drug-likeness (QED) is 0.339. The third-order valence-corrected chi connectivity index (χ3v) is 0.986. The van der Waals surface area contributed by atoms with E-state index in [9.17, 15) is 9.59 Å². The first-order chi connectivity index (χ1) is 6.27. The Morgan fingerprint density at radius 1 is 1.13 bits per heavy atom. The van der Waals surface area contributed by atoms with Crippen molar-refractivity contribution in [2.75, 3.05) is 0 Å². The van der Waals surface area contributed by atoms with Crippen LogP contribution in [0.25, 0.3) is 0 Å². The van der Waals surface area contributed by atoms with Crippen LogP contribution in [0.3, 0.4) is 0 Å². The Balaban J connectivity index is -0.000000249. The molecule has 0 radical (unpaired) electrons. The van der Waals surface area contributed by atoms with Crippen molar-refractivity contribution in [1.82, 2.24) is 0 Å². The summed E-state index contributed by atoms with van der Waals surface area (Å²) in [5.74, 6) is -2.20. The van der Waals surface area contributed by atoms with Gasteiger partial charge in [0.2, 0.25) is 0 Å². The predicted molar refractivity (Wildman–Crippen MR) is 53.4 cm³/mol. The van der Waals surface area contributed by atoms with Crippen molar-refractivity contribution >= 4 is 47.5 Å². The summed E-state index contributed by atoms with van der Waals surface area (Å²) in [6, 6.07) is -1.89. The van der Waals surface area contributed by atoms with Gasteiger partial charge in [0.05, 0.1) is 0 Å². The molecule has 0 aliphatic carbocycles. The molecule has 0 rings (SSSR count). The number of hydrogen-bond acceptors (Lipinski definition) is 4. The standard InChI is InChI=1S/C5H9NO4.CH4N2O.Na.H/c6-3(5(9)10)1-2-4(7)8;2-1(3)4;;/h3H,1-2,6H2,(H,7,8)(H,9,10);(H4,2,3,4);;/t3-;;;/m0.../s1. The number of carboxylic acid groups (broad SMARTS) is 2. The van der Waals surface area contributed by atoms with E-state index in [4.69, 9.17) is 20.7 Å². The van der Waals surface area contributed by atoms with E-state index in [0.717, 1.165) is 0 Å². The van der Waals surface area contributed by atoms with Crippen molar-refractivity contribution < 1.29 is 24.6 Å². The van der Waals surface area contributed by atoms with E-state index in [2.05, 4.69) is 11.5 Å². The number of amides is 2. The Labute approximate surface area is 108 Å². The first-order valence-corrected chi connectivity index (χ1v) is 3.52. The molecule has 0 bridgehead atoms. The average Bonchev–Trinajstić information content (AvgIpc) is 1.98. The molecule has 9 heteroatoms. The second-order valence-corrected chi connectivity index (χ2v) is 2.28. The minimum absolute atomic E-state index is 0. The third-order valence-electron chi connectivity index (χ3n) is 0.986. The molecule has 0 heterocycles. The number of urea groups is 1. The van der Waals surface area contributed by atoms with E-state index < -0.39 is 24.0 Å². The summed E-state index contributed by atoms with van der Waals surface area (Å²) in [6.07, 6.45) is -0.224. The van der Waals surface area contributed by atoms with E-state index in [0.29, 0.717) is 0 Å². The molecule has 0 saturated heterocycles. The Hall–Kier alpha value is -0.830. The van der Waals surface area contributed by atoms with Crippen LogP contribution in [0.5, 0.6) is 0 Å². The van der Waals surface area contributed by atoms with Crippen LogP contribution in [0, 0.1) is 0 Å². The molecule has 0 aliphatic rings. The van der Waals surface area contributed by atoms with Crippen molar-refractivity contribution in [2.45, 2.75) is 18.9 Å². The van der Waals surface area contributed by atoms with Gasteiger partial charge in [0, 0.05) is 6.42 Å². The summed E-state index contributed by atoms with van der Waals surface area (Å²) < 4.78 is 0. The maximum absolute atomic E-state index is 9.99. The number of aliphatic carboxylic acids is 2. The van der Waals surface area contributed by atoms with E-state index in [1.807, 2.05) is 0 Å². The molecule has 0 saturated carbocycles. The molecule has 0 aromatic carbocycles. The molecular weight excluding hydrogens is 217 g/mol. The van der Waals surface area contributed by atoms with Gasteiger partial charge in [-0.3, -0.25) is 9.59 Å². The molecule has 1 atom stereocenters. The van der Waals surface area contributed by atoms with Gasteiger partial charge in [0.15, 0.2) is 0 Å². The Bertz CT molecular complexity index is 219. The van der Waals surface area contributed by atoms with Crippen molar-refractivity contribution in [3.05, 3.63) is 0 Å². The number of nitrogens with two attached hydrogens (primary N) is 3. The number of carbonyl (C=O) groups is 3. The van der Waals surface area contributed by atoms with E-state index in [1.165, 1.54) is 0 Å². The summed E-state index contributed by atoms with van der Waals surface area (Å²) in [7, 11) is 0. The van der Waals surface area contributed by atoms with Crippen molar-refractivity contribution in [3.8, 4) is 0 Å². The Kier molecular flexibility index (Phi) is 14.8. The van der Waals surface area contributed by atoms with Crippen LogP contribution in [-0.2, 0) is 9.59 Å². The zero-order valence-electron chi connectivity index (χ0n) is 7.34. The molecule has 8 N–H and O–H groups in total. The summed E-state index contributed by atoms with van der Waals surface area (Å²) in [5, 5.41) is 16.3. The van der Waals surface area contributed by atoms with Crippen LogP contribution >= 0.6 is 0 Å². The molecule has 84 valence electrons. The van der Waals surface area contributed by atoms with Gasteiger partial charge in [0.1, 0.15) is 6.04 Å². The molecule has 0 aromatic rings. The van der Waals surface area contributed by atoms with Crippen LogP contribution in [0.2, 0.25) is 0 Å². The number of carbonyl (C=O) groups excluding carboxylic acids is 1. The average molecular weight is 231 g/mol. The molecule has 0 aliphatic heterocycles. The minimum atomic E-state index is -1.17. The van der Waals surface area contributed by atoms with E-state index in [-0.39, 0.29) is 42.4 Å². The number of hydrogen-bond donors (Lipinski definition) is 5. The molecule has 2 amide bonds. The van der Waals surface area contributed by atoms with Gasteiger partial charge in [-0.25, -0.2) is 4.79 Å². The SMILES string of the molecule is NC(N)=O.N[C@@H](CCC(=O)O)C(=O)O.[NaH].